The molecular weight excluding hydrogens is 196 g/mol. The van der Waals surface area contributed by atoms with Crippen LogP contribution in [-0.4, -0.2) is 35.5 Å². The van der Waals surface area contributed by atoms with E-state index < -0.39 is 0 Å². The van der Waals surface area contributed by atoms with Gasteiger partial charge in [-0.05, 0) is 44.5 Å². The fourth-order valence-electron chi connectivity index (χ4n) is 1.71. The van der Waals surface area contributed by atoms with Crippen molar-refractivity contribution in [3.63, 3.8) is 0 Å². The maximum absolute atomic E-state index is 5.56. The molecule has 78 valence electrons. The van der Waals surface area contributed by atoms with Gasteiger partial charge >= 0.3 is 0 Å². The molecule has 14 heavy (non-hydrogen) atoms. The highest BCUT2D eigenvalue weighted by Gasteiger charge is 2.16. The summed E-state index contributed by atoms with van der Waals surface area (Å²) in [5.41, 5.74) is 5.56. The maximum atomic E-state index is 5.56. The normalized spacial score (nSPS) is 19.8. The molecule has 0 aromatic carbocycles. The molecule has 1 aromatic rings. The van der Waals surface area contributed by atoms with Crippen molar-refractivity contribution in [3.05, 3.63) is 6.07 Å². The second kappa shape index (κ2) is 4.14. The molecule has 4 nitrogen and oxygen atoms in total. The maximum Gasteiger partial charge on any atom is 0.139 e. The molecule has 1 aromatic heterocycles. The third kappa shape index (κ3) is 2.36. The minimum Gasteiger partial charge on any atom is -0.383 e. The fourth-order valence-corrected chi connectivity index (χ4v) is 2.36. The molecule has 0 saturated carbocycles. The number of aromatic nitrogens is 1. The molecule has 0 bridgehead atoms. The zero-order chi connectivity index (χ0) is 9.97. The Bertz CT molecular complexity index is 291. The van der Waals surface area contributed by atoms with Crippen LogP contribution in [0.3, 0.4) is 0 Å². The molecule has 2 rings (SSSR count). The minimum atomic E-state index is 0.589. The van der Waals surface area contributed by atoms with Gasteiger partial charge in [-0.3, -0.25) is 0 Å². The molecule has 1 aliphatic rings. The first kappa shape index (κ1) is 9.73. The van der Waals surface area contributed by atoms with E-state index in [0.717, 1.165) is 5.00 Å². The van der Waals surface area contributed by atoms with E-state index in [1.54, 1.807) is 0 Å². The van der Waals surface area contributed by atoms with Crippen molar-refractivity contribution in [1.82, 2.24) is 9.27 Å². The molecule has 0 atom stereocenters. The van der Waals surface area contributed by atoms with Crippen LogP contribution in [0.5, 0.6) is 0 Å². The van der Waals surface area contributed by atoms with Crippen LogP contribution < -0.4 is 11.1 Å². The van der Waals surface area contributed by atoms with Gasteiger partial charge < -0.3 is 16.0 Å². The molecule has 0 aliphatic carbocycles. The van der Waals surface area contributed by atoms with Gasteiger partial charge in [-0.15, -0.1) is 0 Å². The van der Waals surface area contributed by atoms with Crippen molar-refractivity contribution in [3.8, 4) is 0 Å². The minimum absolute atomic E-state index is 0.589. The molecule has 1 saturated heterocycles. The molecule has 5 heteroatoms. The van der Waals surface area contributed by atoms with Gasteiger partial charge in [0, 0.05) is 12.1 Å². The Hall–Kier alpha value is -0.810. The average molecular weight is 212 g/mol. The first-order valence-electron chi connectivity index (χ1n) is 4.91. The summed E-state index contributed by atoms with van der Waals surface area (Å²) in [6.45, 7) is 2.35. The Morgan fingerprint density at radius 1 is 1.57 bits per heavy atom. The number of likely N-dealkylation sites (tertiary alicyclic amines) is 1. The van der Waals surface area contributed by atoms with Crippen LogP contribution in [0, 0.1) is 0 Å². The van der Waals surface area contributed by atoms with E-state index in [4.69, 9.17) is 5.73 Å². The van der Waals surface area contributed by atoms with Gasteiger partial charge in [0.2, 0.25) is 0 Å². The van der Waals surface area contributed by atoms with Gasteiger partial charge in [0.25, 0.3) is 0 Å². The molecule has 1 aliphatic heterocycles. The second-order valence-corrected chi connectivity index (χ2v) is 4.64. The Morgan fingerprint density at radius 3 is 2.86 bits per heavy atom. The summed E-state index contributed by atoms with van der Waals surface area (Å²) in [5, 5.41) is 4.57. The van der Waals surface area contributed by atoms with Crippen molar-refractivity contribution in [2.24, 2.45) is 0 Å². The summed E-state index contributed by atoms with van der Waals surface area (Å²) in [4.78, 5) is 2.36. The molecule has 3 N–H and O–H groups in total. The summed E-state index contributed by atoms with van der Waals surface area (Å²) >= 11 is 1.44. The van der Waals surface area contributed by atoms with Crippen LogP contribution in [0.2, 0.25) is 0 Å². The van der Waals surface area contributed by atoms with E-state index in [2.05, 4.69) is 21.6 Å². The molecule has 1 fully saturated rings. The van der Waals surface area contributed by atoms with Crippen molar-refractivity contribution in [2.45, 2.75) is 18.9 Å². The summed E-state index contributed by atoms with van der Waals surface area (Å²) in [7, 11) is 2.17. The second-order valence-electron chi connectivity index (χ2n) is 3.84. The van der Waals surface area contributed by atoms with Crippen LogP contribution in [0.15, 0.2) is 6.07 Å². The molecular formula is C9H16N4S. The number of hydrogen-bond acceptors (Lipinski definition) is 5. The first-order chi connectivity index (χ1) is 6.74. The topological polar surface area (TPSA) is 54.2 Å². The van der Waals surface area contributed by atoms with Crippen molar-refractivity contribution in [1.29, 1.82) is 0 Å². The lowest BCUT2D eigenvalue weighted by molar-refractivity contribution is 0.264. The van der Waals surface area contributed by atoms with E-state index in [1.165, 1.54) is 37.5 Å². The van der Waals surface area contributed by atoms with Crippen molar-refractivity contribution >= 4 is 22.4 Å². The number of nitrogens with two attached hydrogens (primary N) is 1. The van der Waals surface area contributed by atoms with E-state index in [-0.39, 0.29) is 0 Å². The highest BCUT2D eigenvalue weighted by atomic mass is 32.1. The number of nitrogen functional groups attached to an aromatic ring is 1. The van der Waals surface area contributed by atoms with Gasteiger partial charge in [0.15, 0.2) is 0 Å². The highest BCUT2D eigenvalue weighted by Crippen LogP contribution is 2.21. The number of nitrogens with zero attached hydrogens (tertiary/aromatic N) is 2. The van der Waals surface area contributed by atoms with E-state index in [9.17, 15) is 0 Å². The highest BCUT2D eigenvalue weighted by molar-refractivity contribution is 7.10. The Labute approximate surface area is 88.3 Å². The smallest absolute Gasteiger partial charge is 0.139 e. The quantitative estimate of drug-likeness (QED) is 0.774. The largest absolute Gasteiger partial charge is 0.383 e. The van der Waals surface area contributed by atoms with E-state index >= 15 is 0 Å². The standard InChI is InChI=1S/C9H16N4S/c1-13-4-2-7(3-5-13)11-9-6-8(10)12-14-9/h6-7,11H,2-5H2,1H3,(H2,10,12). The summed E-state index contributed by atoms with van der Waals surface area (Å²) in [6, 6.07) is 2.49. The SMILES string of the molecule is CN1CCC(Nc2cc(N)ns2)CC1. The Balaban J connectivity index is 1.86. The average Bonchev–Trinajstić information content (AvgIpc) is 2.56. The van der Waals surface area contributed by atoms with Gasteiger partial charge in [0.1, 0.15) is 10.8 Å². The Kier molecular flexibility index (Phi) is 2.88. The molecule has 0 radical (unpaired) electrons. The van der Waals surface area contributed by atoms with Crippen molar-refractivity contribution < 1.29 is 0 Å². The number of hydrogen-bond donors (Lipinski definition) is 2. The van der Waals surface area contributed by atoms with E-state index in [1.807, 2.05) is 6.07 Å². The van der Waals surface area contributed by atoms with E-state index in [0.29, 0.717) is 11.9 Å². The molecule has 0 spiro atoms. The van der Waals surface area contributed by atoms with Crippen LogP contribution in [0.1, 0.15) is 12.8 Å². The number of rotatable bonds is 2. The zero-order valence-electron chi connectivity index (χ0n) is 8.36. The molecule has 0 unspecified atom stereocenters. The van der Waals surface area contributed by atoms with Gasteiger partial charge in [0.05, 0.1) is 0 Å². The zero-order valence-corrected chi connectivity index (χ0v) is 9.18. The monoisotopic (exact) mass is 212 g/mol. The van der Waals surface area contributed by atoms with Crippen LogP contribution >= 0.6 is 11.5 Å². The van der Waals surface area contributed by atoms with Crippen molar-refractivity contribution in [2.75, 3.05) is 31.2 Å². The lowest BCUT2D eigenvalue weighted by atomic mass is 10.1. The predicted molar refractivity (Wildman–Crippen MR) is 60.7 cm³/mol. The molecule has 0 amide bonds. The Morgan fingerprint density at radius 2 is 2.29 bits per heavy atom. The molecule has 2 heterocycles. The van der Waals surface area contributed by atoms with Gasteiger partial charge in [-0.2, -0.15) is 4.37 Å². The third-order valence-electron chi connectivity index (χ3n) is 2.59. The fraction of sp³-hybridized carbons (Fsp3) is 0.667. The first-order valence-corrected chi connectivity index (χ1v) is 5.68. The van der Waals surface area contributed by atoms with Crippen LogP contribution in [0.25, 0.3) is 0 Å². The summed E-state index contributed by atoms with van der Waals surface area (Å²) < 4.78 is 4.04. The van der Waals surface area contributed by atoms with Crippen LogP contribution in [0.4, 0.5) is 10.8 Å². The van der Waals surface area contributed by atoms with Gasteiger partial charge in [-0.1, -0.05) is 0 Å². The lowest BCUT2D eigenvalue weighted by Gasteiger charge is -2.29. The predicted octanol–water partition coefficient (Wildman–Crippen LogP) is 1.23. The number of piperidine rings is 1. The number of nitrogens with one attached hydrogen (secondary N) is 1. The third-order valence-corrected chi connectivity index (χ3v) is 3.33. The lowest BCUT2D eigenvalue weighted by Crippen LogP contribution is -2.36. The van der Waals surface area contributed by atoms with Gasteiger partial charge in [-0.25, -0.2) is 0 Å². The van der Waals surface area contributed by atoms with Crippen LogP contribution in [-0.2, 0) is 0 Å². The summed E-state index contributed by atoms with van der Waals surface area (Å²) in [5.74, 6) is 0.616. The summed E-state index contributed by atoms with van der Waals surface area (Å²) in [6.07, 6.45) is 2.41. The number of anilines is 2.